The lowest BCUT2D eigenvalue weighted by Gasteiger charge is -2.13. The third-order valence-electron chi connectivity index (χ3n) is 5.73. The largest absolute Gasteiger partial charge is 0.455 e. The van der Waals surface area contributed by atoms with Gasteiger partial charge >= 0.3 is 0 Å². The van der Waals surface area contributed by atoms with Gasteiger partial charge in [0.1, 0.15) is 5.76 Å². The number of aromatic nitrogens is 1. The number of aryl methyl sites for hydroxylation is 2. The van der Waals surface area contributed by atoms with Crippen LogP contribution >= 0.6 is 11.3 Å². The highest BCUT2D eigenvalue weighted by Gasteiger charge is 2.28. The van der Waals surface area contributed by atoms with Crippen LogP contribution in [-0.4, -0.2) is 22.5 Å². The van der Waals surface area contributed by atoms with Gasteiger partial charge in [0.05, 0.1) is 15.9 Å². The zero-order valence-corrected chi connectivity index (χ0v) is 19.1. The van der Waals surface area contributed by atoms with Crippen molar-refractivity contribution in [3.05, 3.63) is 82.3 Å². The van der Waals surface area contributed by atoms with Crippen LogP contribution in [-0.2, 0) is 6.42 Å². The normalized spacial score (nSPS) is 14.3. The topological polar surface area (TPSA) is 96.6 Å². The van der Waals surface area contributed by atoms with Crippen LogP contribution in [0, 0.1) is 13.8 Å². The van der Waals surface area contributed by atoms with Crippen molar-refractivity contribution >= 4 is 44.2 Å². The Morgan fingerprint density at radius 3 is 2.64 bits per heavy atom. The first-order valence-corrected chi connectivity index (χ1v) is 11.5. The second-order valence-electron chi connectivity index (χ2n) is 7.96. The van der Waals surface area contributed by atoms with Crippen LogP contribution in [0.3, 0.4) is 0 Å². The molecule has 2 N–H and O–H groups in total. The van der Waals surface area contributed by atoms with E-state index in [9.17, 15) is 9.59 Å². The molecular formula is C25H22N4O3S. The number of hydrogen-bond acceptors (Lipinski definition) is 6. The van der Waals surface area contributed by atoms with Gasteiger partial charge in [0.25, 0.3) is 11.8 Å². The molecule has 1 aliphatic carbocycles. The summed E-state index contributed by atoms with van der Waals surface area (Å²) in [4.78, 5) is 30.0. The van der Waals surface area contributed by atoms with Gasteiger partial charge in [0.15, 0.2) is 10.9 Å². The highest BCUT2D eigenvalue weighted by molar-refractivity contribution is 7.22. The first kappa shape index (κ1) is 21.1. The molecule has 5 rings (SSSR count). The number of carbonyl (C=O) groups is 2. The van der Waals surface area contributed by atoms with Gasteiger partial charge < -0.3 is 4.42 Å². The molecule has 0 atom stereocenters. The van der Waals surface area contributed by atoms with Gasteiger partial charge in [-0.25, -0.2) is 10.4 Å². The lowest BCUT2D eigenvalue weighted by atomic mass is 9.93. The lowest BCUT2D eigenvalue weighted by Crippen LogP contribution is -2.22. The number of hydrazone groups is 1. The molecule has 2 aromatic carbocycles. The lowest BCUT2D eigenvalue weighted by molar-refractivity contribution is 0.0953. The summed E-state index contributed by atoms with van der Waals surface area (Å²) >= 11 is 1.42. The quantitative estimate of drug-likeness (QED) is 0.409. The Hall–Kier alpha value is -3.78. The van der Waals surface area contributed by atoms with Gasteiger partial charge in [-0.2, -0.15) is 5.10 Å². The summed E-state index contributed by atoms with van der Waals surface area (Å²) in [6, 6.07) is 15.1. The van der Waals surface area contributed by atoms with E-state index in [1.807, 2.05) is 56.3 Å². The average Bonchev–Trinajstić information content (AvgIpc) is 3.38. The Morgan fingerprint density at radius 2 is 1.82 bits per heavy atom. The molecule has 0 saturated heterocycles. The third kappa shape index (κ3) is 4.05. The standard InChI is InChI=1S/C25H22N4O3S/c1-14-8-3-4-9-16(14)23(30)29-28-18-11-7-12-19-21(18)15(2)22(32-19)24(31)27-25-26-17-10-5-6-13-20(17)33-25/h3-6,8-10,13H,7,11-12H2,1-2H3,(H,29,30)(H,26,27,31)/b28-18+. The van der Waals surface area contributed by atoms with E-state index in [1.165, 1.54) is 11.3 Å². The fourth-order valence-corrected chi connectivity index (χ4v) is 4.94. The average molecular weight is 459 g/mol. The molecule has 2 heterocycles. The molecule has 33 heavy (non-hydrogen) atoms. The summed E-state index contributed by atoms with van der Waals surface area (Å²) in [6.07, 6.45) is 2.24. The number of anilines is 1. The number of para-hydroxylation sites is 1. The monoisotopic (exact) mass is 458 g/mol. The molecule has 0 aliphatic heterocycles. The summed E-state index contributed by atoms with van der Waals surface area (Å²) in [5.41, 5.74) is 7.21. The molecule has 2 amide bonds. The van der Waals surface area contributed by atoms with E-state index >= 15 is 0 Å². The number of carbonyl (C=O) groups excluding carboxylic acids is 2. The maximum absolute atomic E-state index is 13.0. The van der Waals surface area contributed by atoms with E-state index in [2.05, 4.69) is 20.8 Å². The fourth-order valence-electron chi connectivity index (χ4n) is 4.08. The summed E-state index contributed by atoms with van der Waals surface area (Å²) in [7, 11) is 0. The molecule has 0 unspecified atom stereocenters. The van der Waals surface area contributed by atoms with Gasteiger partial charge in [0.2, 0.25) is 0 Å². The number of amides is 2. The SMILES string of the molecule is Cc1ccccc1C(=O)N/N=C1\CCCc2oc(C(=O)Nc3nc4ccccc4s3)c(C)c21. The number of furan rings is 1. The summed E-state index contributed by atoms with van der Waals surface area (Å²) in [6.45, 7) is 3.73. The predicted molar refractivity (Wildman–Crippen MR) is 129 cm³/mol. The Kier molecular flexibility index (Phi) is 5.51. The van der Waals surface area contributed by atoms with Crippen LogP contribution in [0.25, 0.3) is 10.2 Å². The maximum Gasteiger partial charge on any atom is 0.293 e. The second-order valence-corrected chi connectivity index (χ2v) is 8.99. The third-order valence-corrected chi connectivity index (χ3v) is 6.68. The predicted octanol–water partition coefficient (Wildman–Crippen LogP) is 5.23. The van der Waals surface area contributed by atoms with E-state index in [1.54, 1.807) is 6.07 Å². The number of hydrogen-bond donors (Lipinski definition) is 2. The molecule has 0 saturated carbocycles. The van der Waals surface area contributed by atoms with Crippen LogP contribution < -0.4 is 10.7 Å². The maximum atomic E-state index is 13.0. The molecule has 0 spiro atoms. The number of thiazole rings is 1. The second kappa shape index (κ2) is 8.63. The van der Waals surface area contributed by atoms with Crippen molar-refractivity contribution in [3.63, 3.8) is 0 Å². The molecule has 8 heteroatoms. The number of benzene rings is 2. The number of nitrogens with zero attached hydrogens (tertiary/aromatic N) is 2. The van der Waals surface area contributed by atoms with Crippen molar-refractivity contribution in [1.82, 2.24) is 10.4 Å². The van der Waals surface area contributed by atoms with Gasteiger partial charge in [-0.1, -0.05) is 41.7 Å². The molecule has 4 aromatic rings. The van der Waals surface area contributed by atoms with Crippen molar-refractivity contribution < 1.29 is 14.0 Å². The molecule has 166 valence electrons. The van der Waals surface area contributed by atoms with Crippen LogP contribution in [0.5, 0.6) is 0 Å². The molecule has 0 radical (unpaired) electrons. The van der Waals surface area contributed by atoms with Crippen molar-refractivity contribution in [1.29, 1.82) is 0 Å². The van der Waals surface area contributed by atoms with E-state index in [0.29, 0.717) is 22.7 Å². The number of nitrogens with one attached hydrogen (secondary N) is 2. The minimum absolute atomic E-state index is 0.249. The molecular weight excluding hydrogens is 436 g/mol. The minimum atomic E-state index is -0.343. The van der Waals surface area contributed by atoms with Gasteiger partial charge in [-0.05, 0) is 50.5 Å². The van der Waals surface area contributed by atoms with Crippen molar-refractivity contribution in [2.45, 2.75) is 33.1 Å². The van der Waals surface area contributed by atoms with Crippen molar-refractivity contribution in [3.8, 4) is 0 Å². The molecule has 1 aliphatic rings. The van der Waals surface area contributed by atoms with Crippen LogP contribution in [0.1, 0.15) is 56.2 Å². The Bertz CT molecular complexity index is 1380. The highest BCUT2D eigenvalue weighted by Crippen LogP contribution is 2.31. The molecule has 0 fully saturated rings. The fraction of sp³-hybridized carbons (Fsp3) is 0.200. The van der Waals surface area contributed by atoms with Crippen molar-refractivity contribution in [2.24, 2.45) is 5.10 Å². The van der Waals surface area contributed by atoms with Gasteiger partial charge in [-0.3, -0.25) is 14.9 Å². The van der Waals surface area contributed by atoms with Crippen LogP contribution in [0.2, 0.25) is 0 Å². The summed E-state index contributed by atoms with van der Waals surface area (Å²) in [5.74, 6) is 0.364. The first-order chi connectivity index (χ1) is 16.0. The smallest absolute Gasteiger partial charge is 0.293 e. The Balaban J connectivity index is 1.39. The zero-order valence-electron chi connectivity index (χ0n) is 18.3. The Morgan fingerprint density at radius 1 is 1.03 bits per heavy atom. The zero-order chi connectivity index (χ0) is 22.9. The van der Waals surface area contributed by atoms with E-state index in [4.69, 9.17) is 4.42 Å². The van der Waals surface area contributed by atoms with Crippen molar-refractivity contribution in [2.75, 3.05) is 5.32 Å². The van der Waals surface area contributed by atoms with Crippen LogP contribution in [0.4, 0.5) is 5.13 Å². The minimum Gasteiger partial charge on any atom is -0.455 e. The molecule has 2 aromatic heterocycles. The first-order valence-electron chi connectivity index (χ1n) is 10.7. The summed E-state index contributed by atoms with van der Waals surface area (Å²) < 4.78 is 6.96. The van der Waals surface area contributed by atoms with Gasteiger partial charge in [-0.15, -0.1) is 0 Å². The Labute approximate surface area is 194 Å². The number of fused-ring (bicyclic) bond motifs is 2. The van der Waals surface area contributed by atoms with E-state index in [0.717, 1.165) is 45.7 Å². The van der Waals surface area contributed by atoms with Gasteiger partial charge in [0, 0.05) is 23.1 Å². The van der Waals surface area contributed by atoms with E-state index < -0.39 is 0 Å². The van der Waals surface area contributed by atoms with Crippen LogP contribution in [0.15, 0.2) is 58.0 Å². The summed E-state index contributed by atoms with van der Waals surface area (Å²) in [5, 5.41) is 7.78. The highest BCUT2D eigenvalue weighted by atomic mass is 32.1. The van der Waals surface area contributed by atoms with E-state index in [-0.39, 0.29) is 17.6 Å². The number of rotatable bonds is 4. The molecule has 0 bridgehead atoms. The molecule has 7 nitrogen and oxygen atoms in total.